The Bertz CT molecular complexity index is 323. The highest BCUT2D eigenvalue weighted by atomic mass is 15.0. The second kappa shape index (κ2) is 5.71. The molecule has 84 valence electrons. The van der Waals surface area contributed by atoms with E-state index >= 15 is 0 Å². The van der Waals surface area contributed by atoms with Gasteiger partial charge in [0.15, 0.2) is 0 Å². The van der Waals surface area contributed by atoms with E-state index in [4.69, 9.17) is 0 Å². The highest BCUT2D eigenvalue weighted by molar-refractivity contribution is 5.49. The predicted molar refractivity (Wildman–Crippen MR) is 64.6 cm³/mol. The number of aryl methyl sites for hydroxylation is 1. The molecule has 0 atom stereocenters. The Morgan fingerprint density at radius 3 is 2.87 bits per heavy atom. The van der Waals surface area contributed by atoms with Gasteiger partial charge in [-0.15, -0.1) is 0 Å². The molecule has 0 aliphatic heterocycles. The van der Waals surface area contributed by atoms with E-state index in [-0.39, 0.29) is 0 Å². The van der Waals surface area contributed by atoms with Crippen LogP contribution in [0, 0.1) is 5.92 Å². The highest BCUT2D eigenvalue weighted by Gasteiger charge is 2.04. The van der Waals surface area contributed by atoms with Gasteiger partial charge in [0.25, 0.3) is 0 Å². The molecule has 1 aromatic heterocycles. The molecular weight excluding hydrogens is 186 g/mol. The molecule has 0 radical (unpaired) electrons. The maximum absolute atomic E-state index is 4.16. The number of aromatic nitrogens is 2. The van der Waals surface area contributed by atoms with Crippen LogP contribution in [0.3, 0.4) is 0 Å². The van der Waals surface area contributed by atoms with Crippen molar-refractivity contribution in [3.8, 4) is 0 Å². The maximum Gasteiger partial charge on any atom is 0.0950 e. The Hall–Kier alpha value is -1.09. The van der Waals surface area contributed by atoms with Crippen LogP contribution in [-0.2, 0) is 6.54 Å². The van der Waals surface area contributed by atoms with Crippen molar-refractivity contribution in [2.75, 3.05) is 13.6 Å². The first-order chi connectivity index (χ1) is 7.19. The van der Waals surface area contributed by atoms with Gasteiger partial charge in [0, 0.05) is 13.1 Å². The van der Waals surface area contributed by atoms with Crippen LogP contribution in [0.5, 0.6) is 0 Å². The first kappa shape index (κ1) is 12.0. The molecule has 0 spiro atoms. The summed E-state index contributed by atoms with van der Waals surface area (Å²) in [5, 5.41) is 3.20. The minimum absolute atomic E-state index is 0.567. The first-order valence-electron chi connectivity index (χ1n) is 5.54. The molecular formula is C12H21N3. The van der Waals surface area contributed by atoms with E-state index in [9.17, 15) is 0 Å². The molecule has 0 saturated carbocycles. The second-order valence-corrected chi connectivity index (χ2v) is 4.01. The molecule has 0 aromatic carbocycles. The molecule has 0 bridgehead atoms. The number of nitrogens with one attached hydrogen (secondary N) is 1. The lowest BCUT2D eigenvalue weighted by atomic mass is 10.0. The molecule has 0 aliphatic rings. The molecule has 0 saturated heterocycles. The summed E-state index contributed by atoms with van der Waals surface area (Å²) in [7, 11) is 1.98. The van der Waals surface area contributed by atoms with Crippen molar-refractivity contribution in [3.63, 3.8) is 0 Å². The molecule has 3 heteroatoms. The van der Waals surface area contributed by atoms with E-state index in [1.807, 2.05) is 19.6 Å². The van der Waals surface area contributed by atoms with E-state index in [1.165, 1.54) is 11.3 Å². The molecule has 1 N–H and O–H groups in total. The van der Waals surface area contributed by atoms with Crippen molar-refractivity contribution in [1.82, 2.24) is 14.9 Å². The third-order valence-corrected chi connectivity index (χ3v) is 2.54. The molecule has 1 rings (SSSR count). The lowest BCUT2D eigenvalue weighted by Gasteiger charge is -2.11. The molecule has 3 nitrogen and oxygen atoms in total. The molecule has 0 amide bonds. The monoisotopic (exact) mass is 207 g/mol. The summed E-state index contributed by atoms with van der Waals surface area (Å²) in [6, 6.07) is 0. The van der Waals surface area contributed by atoms with E-state index in [0.29, 0.717) is 5.92 Å². The minimum atomic E-state index is 0.567. The fourth-order valence-corrected chi connectivity index (χ4v) is 1.53. The zero-order valence-corrected chi connectivity index (χ0v) is 10.1. The van der Waals surface area contributed by atoms with Gasteiger partial charge < -0.3 is 9.88 Å². The standard InChI is InChI=1S/C12H21N3/c1-5-15-9-14-8-12(15)6-11(7-13-4)10(2)3/h6,8-10,13H,5,7H2,1-4H3. The number of nitrogens with zero attached hydrogens (tertiary/aromatic N) is 2. The Morgan fingerprint density at radius 2 is 2.33 bits per heavy atom. The Kier molecular flexibility index (Phi) is 4.56. The molecule has 15 heavy (non-hydrogen) atoms. The van der Waals surface area contributed by atoms with Gasteiger partial charge in [-0.05, 0) is 26.0 Å². The SMILES string of the molecule is CCn1cncc1C=C(CNC)C(C)C. The van der Waals surface area contributed by atoms with Crippen LogP contribution in [0.4, 0.5) is 0 Å². The normalized spacial score (nSPS) is 12.5. The van der Waals surface area contributed by atoms with Crippen LogP contribution in [-0.4, -0.2) is 23.1 Å². The van der Waals surface area contributed by atoms with Crippen LogP contribution >= 0.6 is 0 Å². The molecule has 1 heterocycles. The van der Waals surface area contributed by atoms with E-state index < -0.39 is 0 Å². The van der Waals surface area contributed by atoms with Crippen LogP contribution in [0.1, 0.15) is 26.5 Å². The van der Waals surface area contributed by atoms with Gasteiger partial charge in [-0.25, -0.2) is 4.98 Å². The lowest BCUT2D eigenvalue weighted by molar-refractivity contribution is 0.708. The van der Waals surface area contributed by atoms with Gasteiger partial charge in [-0.2, -0.15) is 0 Å². The Balaban J connectivity index is 2.91. The largest absolute Gasteiger partial charge is 0.331 e. The van der Waals surface area contributed by atoms with Gasteiger partial charge in [0.05, 0.1) is 18.2 Å². The summed E-state index contributed by atoms with van der Waals surface area (Å²) >= 11 is 0. The molecule has 0 aliphatic carbocycles. The van der Waals surface area contributed by atoms with Crippen molar-refractivity contribution >= 4 is 6.08 Å². The number of hydrogen-bond donors (Lipinski definition) is 1. The second-order valence-electron chi connectivity index (χ2n) is 4.01. The van der Waals surface area contributed by atoms with E-state index in [2.05, 4.69) is 41.7 Å². The Labute approximate surface area is 92.2 Å². The van der Waals surface area contributed by atoms with Crippen molar-refractivity contribution in [3.05, 3.63) is 23.8 Å². The Morgan fingerprint density at radius 1 is 1.60 bits per heavy atom. The van der Waals surface area contributed by atoms with Crippen LogP contribution in [0.2, 0.25) is 0 Å². The van der Waals surface area contributed by atoms with Crippen LogP contribution in [0.25, 0.3) is 6.08 Å². The van der Waals surface area contributed by atoms with Crippen molar-refractivity contribution in [1.29, 1.82) is 0 Å². The van der Waals surface area contributed by atoms with Gasteiger partial charge in [0.1, 0.15) is 0 Å². The number of hydrogen-bond acceptors (Lipinski definition) is 2. The maximum atomic E-state index is 4.16. The number of imidazole rings is 1. The summed E-state index contributed by atoms with van der Waals surface area (Å²) in [4.78, 5) is 4.16. The molecule has 0 fully saturated rings. The number of likely N-dealkylation sites (N-methyl/N-ethyl adjacent to an activating group) is 1. The number of rotatable bonds is 5. The summed E-state index contributed by atoms with van der Waals surface area (Å²) in [6.07, 6.45) is 6.03. The summed E-state index contributed by atoms with van der Waals surface area (Å²) in [6.45, 7) is 8.47. The zero-order chi connectivity index (χ0) is 11.3. The smallest absolute Gasteiger partial charge is 0.0950 e. The highest BCUT2D eigenvalue weighted by Crippen LogP contribution is 2.13. The zero-order valence-electron chi connectivity index (χ0n) is 10.1. The van der Waals surface area contributed by atoms with Crippen molar-refractivity contribution in [2.45, 2.75) is 27.3 Å². The molecule has 1 aromatic rings. The van der Waals surface area contributed by atoms with Crippen LogP contribution in [0.15, 0.2) is 18.1 Å². The van der Waals surface area contributed by atoms with Gasteiger partial charge in [0.2, 0.25) is 0 Å². The quantitative estimate of drug-likeness (QED) is 0.802. The van der Waals surface area contributed by atoms with Gasteiger partial charge in [-0.1, -0.05) is 19.4 Å². The summed E-state index contributed by atoms with van der Waals surface area (Å²) in [5.41, 5.74) is 2.60. The third-order valence-electron chi connectivity index (χ3n) is 2.54. The van der Waals surface area contributed by atoms with E-state index in [0.717, 1.165) is 13.1 Å². The van der Waals surface area contributed by atoms with E-state index in [1.54, 1.807) is 0 Å². The molecule has 0 unspecified atom stereocenters. The fraction of sp³-hybridized carbons (Fsp3) is 0.583. The third kappa shape index (κ3) is 3.20. The topological polar surface area (TPSA) is 29.9 Å². The van der Waals surface area contributed by atoms with Crippen molar-refractivity contribution in [2.24, 2.45) is 5.92 Å². The summed E-state index contributed by atoms with van der Waals surface area (Å²) < 4.78 is 2.15. The van der Waals surface area contributed by atoms with Gasteiger partial charge >= 0.3 is 0 Å². The average molecular weight is 207 g/mol. The van der Waals surface area contributed by atoms with Gasteiger partial charge in [-0.3, -0.25) is 0 Å². The summed E-state index contributed by atoms with van der Waals surface area (Å²) in [5.74, 6) is 0.567. The minimum Gasteiger partial charge on any atom is -0.331 e. The fourth-order valence-electron chi connectivity index (χ4n) is 1.53. The average Bonchev–Trinajstić information content (AvgIpc) is 2.64. The first-order valence-corrected chi connectivity index (χ1v) is 5.54. The predicted octanol–water partition coefficient (Wildman–Crippen LogP) is 2.16. The van der Waals surface area contributed by atoms with Crippen LogP contribution < -0.4 is 5.32 Å². The lowest BCUT2D eigenvalue weighted by Crippen LogP contribution is -2.14. The van der Waals surface area contributed by atoms with Crippen molar-refractivity contribution < 1.29 is 0 Å².